The van der Waals surface area contributed by atoms with Gasteiger partial charge >= 0.3 is 0 Å². The highest BCUT2D eigenvalue weighted by Gasteiger charge is 2.33. The van der Waals surface area contributed by atoms with E-state index in [0.717, 1.165) is 4.48 Å². The Bertz CT molecular complexity index is 497. The second-order valence-corrected chi connectivity index (χ2v) is 6.89. The molecule has 0 spiro atoms. The molecular formula is C15H21Cl2N2O+. The lowest BCUT2D eigenvalue weighted by Gasteiger charge is -2.35. The van der Waals surface area contributed by atoms with Gasteiger partial charge < -0.3 is 9.80 Å². The van der Waals surface area contributed by atoms with Gasteiger partial charge in [-0.3, -0.25) is 4.79 Å². The average Bonchev–Trinajstić information content (AvgIpc) is 2.87. The van der Waals surface area contributed by atoms with Crippen LogP contribution >= 0.6 is 23.2 Å². The topological polar surface area (TPSA) is 29.1 Å². The van der Waals surface area contributed by atoms with Crippen molar-refractivity contribution in [3.8, 4) is 0 Å². The molecule has 0 unspecified atom stereocenters. The monoisotopic (exact) mass is 315 g/mol. The Morgan fingerprint density at radius 3 is 2.60 bits per heavy atom. The molecule has 0 bridgehead atoms. The quantitative estimate of drug-likeness (QED) is 0.837. The lowest BCUT2D eigenvalue weighted by atomic mass is 10.2. The van der Waals surface area contributed by atoms with Gasteiger partial charge in [0.2, 0.25) is 0 Å². The van der Waals surface area contributed by atoms with Gasteiger partial charge in [-0.05, 0) is 43.9 Å². The highest BCUT2D eigenvalue weighted by atomic mass is 35.5. The number of amides is 1. The van der Waals surface area contributed by atoms with Crippen LogP contribution < -0.4 is 5.32 Å². The molecule has 20 heavy (non-hydrogen) atoms. The number of likely N-dealkylation sites (N-methyl/N-ethyl adjacent to an activating group) is 1. The number of carbonyl (C=O) groups excluding carboxylic acids is 1. The van der Waals surface area contributed by atoms with Crippen molar-refractivity contribution in [2.75, 3.05) is 26.0 Å². The number of hydrogen-bond donors (Lipinski definition) is 1. The van der Waals surface area contributed by atoms with E-state index in [1.165, 1.54) is 25.7 Å². The molecule has 0 aromatic heterocycles. The molecule has 0 saturated heterocycles. The third-order valence-corrected chi connectivity index (χ3v) is 4.63. The van der Waals surface area contributed by atoms with E-state index in [-0.39, 0.29) is 5.91 Å². The summed E-state index contributed by atoms with van der Waals surface area (Å²) in [7, 11) is 4.24. The summed E-state index contributed by atoms with van der Waals surface area (Å²) in [6.45, 7) is 0.452. The Morgan fingerprint density at radius 2 is 1.95 bits per heavy atom. The van der Waals surface area contributed by atoms with Gasteiger partial charge in [0.15, 0.2) is 6.54 Å². The molecule has 5 heteroatoms. The molecule has 1 fully saturated rings. The van der Waals surface area contributed by atoms with E-state index in [0.29, 0.717) is 28.3 Å². The van der Waals surface area contributed by atoms with Gasteiger partial charge in [0, 0.05) is 5.02 Å². The first-order chi connectivity index (χ1) is 9.38. The molecule has 3 nitrogen and oxygen atoms in total. The van der Waals surface area contributed by atoms with Crippen molar-refractivity contribution in [1.29, 1.82) is 0 Å². The fourth-order valence-corrected chi connectivity index (χ4v) is 3.22. The summed E-state index contributed by atoms with van der Waals surface area (Å²) in [5.41, 5.74) is 0.579. The molecule has 0 atom stereocenters. The van der Waals surface area contributed by atoms with Crippen LogP contribution in [0.25, 0.3) is 0 Å². The van der Waals surface area contributed by atoms with Crippen LogP contribution in [0.1, 0.15) is 25.7 Å². The van der Waals surface area contributed by atoms with Crippen LogP contribution in [0.3, 0.4) is 0 Å². The molecule has 1 aliphatic carbocycles. The summed E-state index contributed by atoms with van der Waals surface area (Å²) in [5.74, 6) is -0.0222. The Kier molecular flexibility index (Phi) is 4.95. The van der Waals surface area contributed by atoms with Gasteiger partial charge in [-0.1, -0.05) is 23.2 Å². The summed E-state index contributed by atoms with van der Waals surface area (Å²) >= 11 is 12.0. The summed E-state index contributed by atoms with van der Waals surface area (Å²) < 4.78 is 0.726. The average molecular weight is 316 g/mol. The third kappa shape index (κ3) is 3.87. The number of carbonyl (C=O) groups is 1. The van der Waals surface area contributed by atoms with E-state index in [4.69, 9.17) is 23.2 Å². The zero-order chi connectivity index (χ0) is 14.8. The highest BCUT2D eigenvalue weighted by Crippen LogP contribution is 2.28. The molecule has 1 amide bonds. The standard InChI is InChI=1S/C15H20Cl2N2O/c1-19(2,12-5-3-4-6-12)10-15(20)18-14-9-11(16)7-8-13(14)17/h7-9,12H,3-6,10H2,1-2H3/p+1. The number of hydrogen-bond acceptors (Lipinski definition) is 1. The first-order valence-electron chi connectivity index (χ1n) is 6.96. The SMILES string of the molecule is C[N+](C)(CC(=O)Nc1cc(Cl)ccc1Cl)C1CCCC1. The molecule has 1 aliphatic rings. The number of rotatable bonds is 4. The van der Waals surface area contributed by atoms with E-state index in [2.05, 4.69) is 19.4 Å². The predicted molar refractivity (Wildman–Crippen MR) is 84.3 cm³/mol. The first-order valence-corrected chi connectivity index (χ1v) is 7.71. The minimum atomic E-state index is -0.0222. The van der Waals surface area contributed by atoms with Gasteiger partial charge in [-0.25, -0.2) is 0 Å². The van der Waals surface area contributed by atoms with E-state index >= 15 is 0 Å². The molecule has 1 N–H and O–H groups in total. The number of benzene rings is 1. The van der Waals surface area contributed by atoms with Gasteiger partial charge in [0.25, 0.3) is 5.91 Å². The number of nitrogens with zero attached hydrogens (tertiary/aromatic N) is 1. The van der Waals surface area contributed by atoms with E-state index in [1.54, 1.807) is 18.2 Å². The van der Waals surface area contributed by atoms with Crippen LogP contribution in [0.2, 0.25) is 10.0 Å². The Morgan fingerprint density at radius 1 is 1.30 bits per heavy atom. The van der Waals surface area contributed by atoms with Crippen LogP contribution in [0.15, 0.2) is 18.2 Å². The molecule has 0 aliphatic heterocycles. The van der Waals surface area contributed by atoms with Crippen molar-refractivity contribution in [3.05, 3.63) is 28.2 Å². The molecule has 1 aromatic rings. The predicted octanol–water partition coefficient (Wildman–Crippen LogP) is 3.95. The number of halogens is 2. The van der Waals surface area contributed by atoms with Crippen molar-refractivity contribution < 1.29 is 9.28 Å². The largest absolute Gasteiger partial charge is 0.320 e. The number of quaternary nitrogens is 1. The Balaban J connectivity index is 1.99. The zero-order valence-electron chi connectivity index (χ0n) is 12.0. The van der Waals surface area contributed by atoms with E-state index < -0.39 is 0 Å². The lowest BCUT2D eigenvalue weighted by Crippen LogP contribution is -2.51. The maximum atomic E-state index is 12.2. The van der Waals surface area contributed by atoms with Crippen LogP contribution in [0.5, 0.6) is 0 Å². The summed E-state index contributed by atoms with van der Waals surface area (Å²) in [5, 5.41) is 3.93. The molecular weight excluding hydrogens is 295 g/mol. The molecule has 1 saturated carbocycles. The Hall–Kier alpha value is -0.770. The van der Waals surface area contributed by atoms with Crippen LogP contribution in [0.4, 0.5) is 5.69 Å². The third-order valence-electron chi connectivity index (χ3n) is 4.07. The summed E-state index contributed by atoms with van der Waals surface area (Å²) in [6, 6.07) is 5.65. The maximum Gasteiger partial charge on any atom is 0.279 e. The lowest BCUT2D eigenvalue weighted by molar-refractivity contribution is -0.906. The first kappa shape index (κ1) is 15.6. The minimum absolute atomic E-state index is 0.0222. The van der Waals surface area contributed by atoms with E-state index in [1.807, 2.05) is 0 Å². The van der Waals surface area contributed by atoms with Gasteiger partial charge in [0.1, 0.15) is 0 Å². The van der Waals surface area contributed by atoms with Crippen molar-refractivity contribution >= 4 is 34.8 Å². The fraction of sp³-hybridized carbons (Fsp3) is 0.533. The van der Waals surface area contributed by atoms with Crippen molar-refractivity contribution in [2.45, 2.75) is 31.7 Å². The van der Waals surface area contributed by atoms with Crippen LogP contribution in [0, 0.1) is 0 Å². The second-order valence-electron chi connectivity index (χ2n) is 6.05. The zero-order valence-corrected chi connectivity index (χ0v) is 13.5. The van der Waals surface area contributed by atoms with Crippen LogP contribution in [-0.4, -0.2) is 37.1 Å². The van der Waals surface area contributed by atoms with Crippen molar-refractivity contribution in [3.63, 3.8) is 0 Å². The molecule has 0 radical (unpaired) electrons. The summed E-state index contributed by atoms with van der Waals surface area (Å²) in [6.07, 6.45) is 4.96. The normalized spacial score (nSPS) is 16.4. The molecule has 110 valence electrons. The minimum Gasteiger partial charge on any atom is -0.320 e. The Labute approximate surface area is 130 Å². The van der Waals surface area contributed by atoms with Gasteiger partial charge in [-0.2, -0.15) is 0 Å². The van der Waals surface area contributed by atoms with E-state index in [9.17, 15) is 4.79 Å². The second kappa shape index (κ2) is 6.33. The highest BCUT2D eigenvalue weighted by molar-refractivity contribution is 6.35. The number of anilines is 1. The maximum absolute atomic E-state index is 12.2. The van der Waals surface area contributed by atoms with Crippen molar-refractivity contribution in [2.24, 2.45) is 0 Å². The number of nitrogens with one attached hydrogen (secondary N) is 1. The molecule has 2 rings (SSSR count). The van der Waals surface area contributed by atoms with Crippen molar-refractivity contribution in [1.82, 2.24) is 0 Å². The smallest absolute Gasteiger partial charge is 0.279 e. The van der Waals surface area contributed by atoms with Gasteiger partial charge in [-0.15, -0.1) is 0 Å². The molecule has 1 aromatic carbocycles. The summed E-state index contributed by atoms with van der Waals surface area (Å²) in [4.78, 5) is 12.2. The fourth-order valence-electron chi connectivity index (χ4n) is 2.89. The van der Waals surface area contributed by atoms with Crippen LogP contribution in [-0.2, 0) is 4.79 Å². The molecule has 0 heterocycles. The van der Waals surface area contributed by atoms with Gasteiger partial charge in [0.05, 0.1) is 30.8 Å².